The van der Waals surface area contributed by atoms with Crippen LogP contribution >= 0.6 is 15.9 Å². The molecule has 0 radical (unpaired) electrons. The van der Waals surface area contributed by atoms with Crippen molar-refractivity contribution < 1.29 is 9.53 Å². The summed E-state index contributed by atoms with van der Waals surface area (Å²) >= 11 is 3.57. The van der Waals surface area contributed by atoms with E-state index in [4.69, 9.17) is 4.74 Å². The van der Waals surface area contributed by atoms with E-state index < -0.39 is 5.60 Å². The van der Waals surface area contributed by atoms with Gasteiger partial charge in [0, 0.05) is 4.83 Å². The molecule has 0 N–H and O–H groups in total. The molecule has 2 atom stereocenters. The third kappa shape index (κ3) is 2.09. The maximum absolute atomic E-state index is 11.6. The van der Waals surface area contributed by atoms with Gasteiger partial charge in [-0.15, -0.1) is 0 Å². The molecule has 80 valence electrons. The molecule has 1 aliphatic rings. The number of alkyl halides is 1. The van der Waals surface area contributed by atoms with Crippen molar-refractivity contribution in [1.29, 1.82) is 0 Å². The first-order valence-corrected chi connectivity index (χ1v) is 5.74. The Balaban J connectivity index is 2.86. The number of hydrogen-bond donors (Lipinski definition) is 0. The van der Waals surface area contributed by atoms with Crippen LogP contribution in [0.2, 0.25) is 0 Å². The Labute approximate surface area is 93.8 Å². The van der Waals surface area contributed by atoms with Crippen LogP contribution in [0.4, 0.5) is 0 Å². The lowest BCUT2D eigenvalue weighted by Gasteiger charge is -2.45. The van der Waals surface area contributed by atoms with Gasteiger partial charge in [0.25, 0.3) is 0 Å². The quantitative estimate of drug-likeness (QED) is 0.564. The predicted molar refractivity (Wildman–Crippen MR) is 60.7 cm³/mol. The molecule has 0 saturated carbocycles. The molecule has 0 spiro atoms. The van der Waals surface area contributed by atoms with E-state index in [2.05, 4.69) is 22.5 Å². The number of halogens is 1. The normalized spacial score (nSPS) is 36.4. The number of carbonyl (C=O) groups is 1. The van der Waals surface area contributed by atoms with Crippen molar-refractivity contribution in [3.63, 3.8) is 0 Å². The summed E-state index contributed by atoms with van der Waals surface area (Å²) in [5, 5.41) is 0. The standard InChI is InChI=1S/C11H17BrO2/c1-5-9(13)11(4)7-6-8(12)10(2,3)14-11/h5,8H,1,6-7H2,2-4H3/t8-,11+/m1/s1. The van der Waals surface area contributed by atoms with Crippen molar-refractivity contribution in [2.45, 2.75) is 49.6 Å². The zero-order valence-electron chi connectivity index (χ0n) is 8.97. The predicted octanol–water partition coefficient (Wildman–Crippen LogP) is 2.85. The second kappa shape index (κ2) is 3.78. The molecule has 0 aromatic rings. The lowest BCUT2D eigenvalue weighted by atomic mass is 9.85. The summed E-state index contributed by atoms with van der Waals surface area (Å²) in [6.07, 6.45) is 3.05. The van der Waals surface area contributed by atoms with E-state index in [1.807, 2.05) is 20.8 Å². The van der Waals surface area contributed by atoms with E-state index in [0.29, 0.717) is 4.83 Å². The number of carbonyl (C=O) groups excluding carboxylic acids is 1. The Morgan fingerprint density at radius 3 is 2.57 bits per heavy atom. The largest absolute Gasteiger partial charge is 0.360 e. The summed E-state index contributed by atoms with van der Waals surface area (Å²) in [6.45, 7) is 9.35. The summed E-state index contributed by atoms with van der Waals surface area (Å²) in [6, 6.07) is 0. The molecule has 3 heteroatoms. The van der Waals surface area contributed by atoms with Crippen LogP contribution in [0.5, 0.6) is 0 Å². The van der Waals surface area contributed by atoms with Gasteiger partial charge >= 0.3 is 0 Å². The summed E-state index contributed by atoms with van der Waals surface area (Å²) in [5.41, 5.74) is -0.985. The van der Waals surface area contributed by atoms with Crippen LogP contribution in [0.25, 0.3) is 0 Å². The molecule has 1 fully saturated rings. The van der Waals surface area contributed by atoms with E-state index in [9.17, 15) is 4.79 Å². The second-order valence-corrected chi connectivity index (χ2v) is 5.62. The lowest BCUT2D eigenvalue weighted by Crippen LogP contribution is -2.53. The molecule has 0 amide bonds. The minimum atomic E-state index is -0.685. The van der Waals surface area contributed by atoms with E-state index in [1.165, 1.54) is 6.08 Å². The smallest absolute Gasteiger partial charge is 0.186 e. The molecule has 1 saturated heterocycles. The Morgan fingerprint density at radius 1 is 1.57 bits per heavy atom. The zero-order valence-corrected chi connectivity index (χ0v) is 10.6. The fourth-order valence-corrected chi connectivity index (χ4v) is 2.16. The molecular weight excluding hydrogens is 244 g/mol. The molecular formula is C11H17BrO2. The van der Waals surface area contributed by atoms with Crippen molar-refractivity contribution in [2.24, 2.45) is 0 Å². The van der Waals surface area contributed by atoms with Crippen LogP contribution in [0.15, 0.2) is 12.7 Å². The third-order valence-electron chi connectivity index (χ3n) is 2.82. The first kappa shape index (κ1) is 11.9. The van der Waals surface area contributed by atoms with Gasteiger partial charge in [0.2, 0.25) is 0 Å². The van der Waals surface area contributed by atoms with Gasteiger partial charge in [-0.05, 0) is 39.7 Å². The Morgan fingerprint density at radius 2 is 2.14 bits per heavy atom. The highest BCUT2D eigenvalue weighted by molar-refractivity contribution is 9.09. The summed E-state index contributed by atoms with van der Waals surface area (Å²) in [7, 11) is 0. The van der Waals surface area contributed by atoms with Crippen LogP contribution < -0.4 is 0 Å². The highest BCUT2D eigenvalue weighted by atomic mass is 79.9. The molecule has 2 nitrogen and oxygen atoms in total. The summed E-state index contributed by atoms with van der Waals surface area (Å²) in [5.74, 6) is -0.0232. The summed E-state index contributed by atoms with van der Waals surface area (Å²) in [4.78, 5) is 11.9. The molecule has 14 heavy (non-hydrogen) atoms. The zero-order chi connectivity index (χ0) is 11.0. The van der Waals surface area contributed by atoms with E-state index in [0.717, 1.165) is 12.8 Å². The first-order valence-electron chi connectivity index (χ1n) is 4.83. The molecule has 1 aliphatic heterocycles. The molecule has 1 heterocycles. The Bertz CT molecular complexity index is 260. The molecule has 1 rings (SSSR count). The van der Waals surface area contributed by atoms with Crippen LogP contribution in [-0.2, 0) is 9.53 Å². The minimum absolute atomic E-state index is 0.0232. The van der Waals surface area contributed by atoms with Gasteiger partial charge in [0.1, 0.15) is 5.60 Å². The second-order valence-electron chi connectivity index (χ2n) is 4.51. The number of ether oxygens (including phenoxy) is 1. The fraction of sp³-hybridized carbons (Fsp3) is 0.727. The molecule has 0 aromatic carbocycles. The Hall–Kier alpha value is -0.150. The van der Waals surface area contributed by atoms with Gasteiger partial charge in [0.05, 0.1) is 5.60 Å². The minimum Gasteiger partial charge on any atom is -0.360 e. The van der Waals surface area contributed by atoms with Gasteiger partial charge in [-0.1, -0.05) is 22.5 Å². The van der Waals surface area contributed by atoms with Gasteiger partial charge in [-0.25, -0.2) is 0 Å². The fourth-order valence-electron chi connectivity index (χ4n) is 1.83. The monoisotopic (exact) mass is 260 g/mol. The van der Waals surface area contributed by atoms with Crippen molar-refractivity contribution >= 4 is 21.7 Å². The van der Waals surface area contributed by atoms with Crippen LogP contribution in [0.3, 0.4) is 0 Å². The number of hydrogen-bond acceptors (Lipinski definition) is 2. The van der Waals surface area contributed by atoms with Gasteiger partial charge in [-0.3, -0.25) is 4.79 Å². The SMILES string of the molecule is C=CC(=O)[C@]1(C)CC[C@@H](Br)C(C)(C)O1. The van der Waals surface area contributed by atoms with Crippen molar-refractivity contribution in [2.75, 3.05) is 0 Å². The van der Waals surface area contributed by atoms with Crippen LogP contribution in [-0.4, -0.2) is 21.8 Å². The topological polar surface area (TPSA) is 26.3 Å². The van der Waals surface area contributed by atoms with Crippen LogP contribution in [0, 0.1) is 0 Å². The van der Waals surface area contributed by atoms with Gasteiger partial charge in [0.15, 0.2) is 5.78 Å². The Kier molecular flexibility index (Phi) is 3.22. The van der Waals surface area contributed by atoms with Gasteiger partial charge < -0.3 is 4.74 Å². The maximum atomic E-state index is 11.6. The average molecular weight is 261 g/mol. The molecule has 0 aliphatic carbocycles. The van der Waals surface area contributed by atoms with Crippen molar-refractivity contribution in [3.8, 4) is 0 Å². The van der Waals surface area contributed by atoms with E-state index >= 15 is 0 Å². The third-order valence-corrected chi connectivity index (χ3v) is 4.38. The average Bonchev–Trinajstić information content (AvgIpc) is 2.10. The van der Waals surface area contributed by atoms with E-state index in [1.54, 1.807) is 0 Å². The molecule has 0 unspecified atom stereocenters. The highest BCUT2D eigenvalue weighted by Gasteiger charge is 2.45. The number of ketones is 1. The highest BCUT2D eigenvalue weighted by Crippen LogP contribution is 2.39. The first-order chi connectivity index (χ1) is 6.32. The maximum Gasteiger partial charge on any atom is 0.186 e. The summed E-state index contributed by atoms with van der Waals surface area (Å²) < 4.78 is 5.86. The van der Waals surface area contributed by atoms with Crippen LogP contribution in [0.1, 0.15) is 33.6 Å². The van der Waals surface area contributed by atoms with Crippen molar-refractivity contribution in [1.82, 2.24) is 0 Å². The molecule has 0 bridgehead atoms. The molecule has 0 aromatic heterocycles. The lowest BCUT2D eigenvalue weighted by molar-refractivity contribution is -0.173. The van der Waals surface area contributed by atoms with E-state index in [-0.39, 0.29) is 11.4 Å². The van der Waals surface area contributed by atoms with Gasteiger partial charge in [-0.2, -0.15) is 0 Å². The number of rotatable bonds is 2. The van der Waals surface area contributed by atoms with Crippen molar-refractivity contribution in [3.05, 3.63) is 12.7 Å².